The lowest BCUT2D eigenvalue weighted by molar-refractivity contribution is 0.0527. The third-order valence-electron chi connectivity index (χ3n) is 4.05. The lowest BCUT2D eigenvalue weighted by Crippen LogP contribution is -2.18. The smallest absolute Gasteiger partial charge is 0.341 e. The van der Waals surface area contributed by atoms with E-state index < -0.39 is 0 Å². The molecule has 0 unspecified atom stereocenters. The molecule has 0 bridgehead atoms. The van der Waals surface area contributed by atoms with E-state index in [1.54, 1.807) is 19.2 Å². The second-order valence-corrected chi connectivity index (χ2v) is 5.94. The summed E-state index contributed by atoms with van der Waals surface area (Å²) in [4.78, 5) is 16.6. The monoisotopic (exact) mass is 318 g/mol. The van der Waals surface area contributed by atoms with E-state index in [0.717, 1.165) is 23.9 Å². The van der Waals surface area contributed by atoms with Gasteiger partial charge in [0, 0.05) is 17.6 Å². The molecule has 22 heavy (non-hydrogen) atoms. The number of fused-ring (bicyclic) bond motifs is 1. The van der Waals surface area contributed by atoms with Crippen LogP contribution in [0.5, 0.6) is 0 Å². The molecule has 1 aromatic heterocycles. The van der Waals surface area contributed by atoms with Crippen molar-refractivity contribution in [2.75, 3.05) is 11.9 Å². The molecule has 1 aromatic carbocycles. The van der Waals surface area contributed by atoms with Gasteiger partial charge < -0.3 is 10.1 Å². The topological polar surface area (TPSA) is 51.2 Å². The molecule has 0 atom stereocenters. The fourth-order valence-electron chi connectivity index (χ4n) is 2.98. The molecule has 1 heterocycles. The maximum Gasteiger partial charge on any atom is 0.341 e. The van der Waals surface area contributed by atoms with E-state index in [1.165, 1.54) is 12.8 Å². The summed E-state index contributed by atoms with van der Waals surface area (Å²) in [6, 6.07) is 6.01. The van der Waals surface area contributed by atoms with Crippen molar-refractivity contribution in [3.63, 3.8) is 0 Å². The minimum Gasteiger partial charge on any atom is -0.462 e. The van der Waals surface area contributed by atoms with Crippen LogP contribution in [0.15, 0.2) is 24.4 Å². The van der Waals surface area contributed by atoms with Gasteiger partial charge in [-0.2, -0.15) is 0 Å². The third-order valence-corrected chi connectivity index (χ3v) is 4.35. The average Bonchev–Trinajstić information content (AvgIpc) is 3.01. The highest BCUT2D eigenvalue weighted by Gasteiger charge is 2.22. The van der Waals surface area contributed by atoms with Crippen LogP contribution in [0.25, 0.3) is 10.9 Å². The summed E-state index contributed by atoms with van der Waals surface area (Å²) in [7, 11) is 0. The van der Waals surface area contributed by atoms with Crippen molar-refractivity contribution < 1.29 is 9.53 Å². The Labute approximate surface area is 134 Å². The number of hydrogen-bond donors (Lipinski definition) is 1. The number of benzene rings is 1. The van der Waals surface area contributed by atoms with E-state index >= 15 is 0 Å². The molecule has 0 radical (unpaired) electrons. The fourth-order valence-corrected chi connectivity index (χ4v) is 3.20. The fraction of sp³-hybridized carbons (Fsp3) is 0.412. The Bertz CT molecular complexity index is 696. The number of pyridine rings is 1. The number of nitrogens with zero attached hydrogens (tertiary/aromatic N) is 1. The number of aromatic nitrogens is 1. The molecule has 1 aliphatic rings. The molecular weight excluding hydrogens is 300 g/mol. The second-order valence-electron chi connectivity index (χ2n) is 5.53. The van der Waals surface area contributed by atoms with Crippen molar-refractivity contribution in [1.29, 1.82) is 0 Å². The first kappa shape index (κ1) is 15.1. The molecule has 2 aromatic rings. The molecule has 3 rings (SSSR count). The summed E-state index contributed by atoms with van der Waals surface area (Å²) in [5, 5.41) is 4.97. The van der Waals surface area contributed by atoms with Crippen LogP contribution in [-0.2, 0) is 4.74 Å². The van der Waals surface area contributed by atoms with Gasteiger partial charge in [0.05, 0.1) is 22.8 Å². The van der Waals surface area contributed by atoms with Crippen LogP contribution in [0.3, 0.4) is 0 Å². The Morgan fingerprint density at radius 3 is 2.91 bits per heavy atom. The Kier molecular flexibility index (Phi) is 4.48. The summed E-state index contributed by atoms with van der Waals surface area (Å²) in [5.41, 5.74) is 1.97. The van der Waals surface area contributed by atoms with Crippen molar-refractivity contribution in [2.45, 2.75) is 38.6 Å². The molecule has 1 aliphatic carbocycles. The van der Waals surface area contributed by atoms with Gasteiger partial charge in [0.1, 0.15) is 5.56 Å². The first-order valence-corrected chi connectivity index (χ1v) is 8.09. The highest BCUT2D eigenvalue weighted by molar-refractivity contribution is 6.35. The quantitative estimate of drug-likeness (QED) is 0.848. The second kappa shape index (κ2) is 6.53. The molecule has 5 heteroatoms. The molecule has 116 valence electrons. The Balaban J connectivity index is 2.10. The molecule has 1 fully saturated rings. The maximum absolute atomic E-state index is 12.2. The Morgan fingerprint density at radius 2 is 2.18 bits per heavy atom. The average molecular weight is 319 g/mol. The first-order chi connectivity index (χ1) is 10.7. The third kappa shape index (κ3) is 2.88. The van der Waals surface area contributed by atoms with Gasteiger partial charge in [0.2, 0.25) is 0 Å². The van der Waals surface area contributed by atoms with Gasteiger partial charge in [0.15, 0.2) is 0 Å². The Hall–Kier alpha value is -1.81. The van der Waals surface area contributed by atoms with Gasteiger partial charge >= 0.3 is 5.97 Å². The van der Waals surface area contributed by atoms with Gasteiger partial charge in [-0.3, -0.25) is 4.98 Å². The van der Waals surface area contributed by atoms with E-state index in [-0.39, 0.29) is 5.97 Å². The van der Waals surface area contributed by atoms with Crippen LogP contribution in [-0.4, -0.2) is 23.6 Å². The number of hydrogen-bond acceptors (Lipinski definition) is 4. The molecule has 4 nitrogen and oxygen atoms in total. The van der Waals surface area contributed by atoms with Crippen molar-refractivity contribution >= 4 is 34.2 Å². The molecule has 1 N–H and O–H groups in total. The van der Waals surface area contributed by atoms with Gasteiger partial charge in [-0.25, -0.2) is 4.79 Å². The predicted octanol–water partition coefficient (Wildman–Crippen LogP) is 4.42. The molecule has 0 saturated heterocycles. The largest absolute Gasteiger partial charge is 0.462 e. The summed E-state index contributed by atoms with van der Waals surface area (Å²) in [6.45, 7) is 2.14. The van der Waals surface area contributed by atoms with E-state index in [2.05, 4.69) is 10.3 Å². The maximum atomic E-state index is 12.2. The number of nitrogens with one attached hydrogen (secondary N) is 1. The van der Waals surface area contributed by atoms with E-state index in [0.29, 0.717) is 28.8 Å². The van der Waals surface area contributed by atoms with Crippen molar-refractivity contribution in [1.82, 2.24) is 4.98 Å². The van der Waals surface area contributed by atoms with Crippen LogP contribution in [0.4, 0.5) is 5.69 Å². The zero-order valence-corrected chi connectivity index (χ0v) is 13.3. The number of anilines is 1. The van der Waals surface area contributed by atoms with Crippen LogP contribution < -0.4 is 5.32 Å². The summed E-state index contributed by atoms with van der Waals surface area (Å²) >= 11 is 6.23. The number of carbonyl (C=O) groups is 1. The van der Waals surface area contributed by atoms with Gasteiger partial charge in [-0.05, 0) is 25.8 Å². The summed E-state index contributed by atoms with van der Waals surface area (Å²) < 4.78 is 5.16. The van der Waals surface area contributed by atoms with Gasteiger partial charge in [-0.15, -0.1) is 0 Å². The van der Waals surface area contributed by atoms with E-state index in [9.17, 15) is 4.79 Å². The highest BCUT2D eigenvalue weighted by Crippen LogP contribution is 2.33. The zero-order chi connectivity index (χ0) is 15.5. The minimum atomic E-state index is -0.350. The lowest BCUT2D eigenvalue weighted by atomic mass is 10.1. The van der Waals surface area contributed by atoms with E-state index in [4.69, 9.17) is 16.3 Å². The molecule has 1 saturated carbocycles. The summed E-state index contributed by atoms with van der Waals surface area (Å²) in [5.74, 6) is -0.350. The summed E-state index contributed by atoms with van der Waals surface area (Å²) in [6.07, 6.45) is 6.23. The van der Waals surface area contributed by atoms with Crippen molar-refractivity contribution in [3.05, 3.63) is 35.0 Å². The van der Waals surface area contributed by atoms with Gasteiger partial charge in [0.25, 0.3) is 0 Å². The number of esters is 1. The number of carbonyl (C=O) groups excluding carboxylic acids is 1. The normalized spacial score (nSPS) is 15.2. The standard InChI is InChI=1S/C17H19ClN2O2/c1-2-22-17(21)13-10-19-16-12(8-5-9-14(16)18)15(13)20-11-6-3-4-7-11/h5,8-11H,2-4,6-7H2,1H3,(H,19,20). The molecular formula is C17H19ClN2O2. The number of ether oxygens (including phenoxy) is 1. The lowest BCUT2D eigenvalue weighted by Gasteiger charge is -2.18. The Morgan fingerprint density at radius 1 is 1.41 bits per heavy atom. The molecule has 0 spiro atoms. The van der Waals surface area contributed by atoms with Crippen LogP contribution >= 0.6 is 11.6 Å². The van der Waals surface area contributed by atoms with Crippen LogP contribution in [0, 0.1) is 0 Å². The van der Waals surface area contributed by atoms with Crippen LogP contribution in [0.2, 0.25) is 5.02 Å². The minimum absolute atomic E-state index is 0.343. The SMILES string of the molecule is CCOC(=O)c1cnc2c(Cl)cccc2c1NC1CCCC1. The predicted molar refractivity (Wildman–Crippen MR) is 88.6 cm³/mol. The number of rotatable bonds is 4. The van der Waals surface area contributed by atoms with E-state index in [1.807, 2.05) is 12.1 Å². The van der Waals surface area contributed by atoms with Crippen molar-refractivity contribution in [2.24, 2.45) is 0 Å². The molecule has 0 aliphatic heterocycles. The zero-order valence-electron chi connectivity index (χ0n) is 12.6. The van der Waals surface area contributed by atoms with Crippen molar-refractivity contribution in [3.8, 4) is 0 Å². The number of halogens is 1. The number of para-hydroxylation sites is 1. The highest BCUT2D eigenvalue weighted by atomic mass is 35.5. The molecule has 0 amide bonds. The van der Waals surface area contributed by atoms with Crippen LogP contribution in [0.1, 0.15) is 43.0 Å². The van der Waals surface area contributed by atoms with Gasteiger partial charge in [-0.1, -0.05) is 36.6 Å². The first-order valence-electron chi connectivity index (χ1n) is 7.71.